The van der Waals surface area contributed by atoms with Crippen molar-refractivity contribution in [2.24, 2.45) is 5.92 Å². The van der Waals surface area contributed by atoms with Crippen LogP contribution in [0.1, 0.15) is 39.0 Å². The normalized spacial score (nSPS) is 23.2. The van der Waals surface area contributed by atoms with Gasteiger partial charge in [0, 0.05) is 6.42 Å². The maximum Gasteiger partial charge on any atom is 0.120 e. The van der Waals surface area contributed by atoms with Crippen molar-refractivity contribution in [3.8, 4) is 0 Å². The van der Waals surface area contributed by atoms with Gasteiger partial charge in [-0.2, -0.15) is 0 Å². The minimum absolute atomic E-state index is 0.672. The van der Waals surface area contributed by atoms with E-state index in [-0.39, 0.29) is 0 Å². The van der Waals surface area contributed by atoms with Crippen molar-refractivity contribution < 1.29 is 4.79 Å². The molecule has 0 amide bonds. The van der Waals surface area contributed by atoms with Crippen molar-refractivity contribution >= 4 is 6.29 Å². The molecule has 0 radical (unpaired) electrons. The molecular weight excluding hydrogens is 160 g/mol. The van der Waals surface area contributed by atoms with Crippen molar-refractivity contribution in [2.75, 3.05) is 0 Å². The van der Waals surface area contributed by atoms with Crippen LogP contribution in [0.15, 0.2) is 23.8 Å². The van der Waals surface area contributed by atoms with Crippen LogP contribution >= 0.6 is 0 Å². The van der Waals surface area contributed by atoms with E-state index in [0.29, 0.717) is 6.42 Å². The van der Waals surface area contributed by atoms with Gasteiger partial charge in [0.05, 0.1) is 0 Å². The zero-order chi connectivity index (χ0) is 9.52. The van der Waals surface area contributed by atoms with Crippen molar-refractivity contribution in [3.63, 3.8) is 0 Å². The second kappa shape index (κ2) is 5.74. The van der Waals surface area contributed by atoms with E-state index in [1.54, 1.807) is 0 Å². The molecule has 0 heterocycles. The van der Waals surface area contributed by atoms with Gasteiger partial charge in [-0.15, -0.1) is 0 Å². The molecule has 0 bridgehead atoms. The average molecular weight is 178 g/mol. The van der Waals surface area contributed by atoms with E-state index in [4.69, 9.17) is 0 Å². The van der Waals surface area contributed by atoms with Crippen molar-refractivity contribution in [2.45, 2.75) is 39.0 Å². The molecule has 1 rings (SSSR count). The first kappa shape index (κ1) is 10.2. The summed E-state index contributed by atoms with van der Waals surface area (Å²) in [6.45, 7) is 2.13. The van der Waals surface area contributed by atoms with E-state index in [0.717, 1.165) is 18.6 Å². The third-order valence-corrected chi connectivity index (χ3v) is 2.49. The molecule has 13 heavy (non-hydrogen) atoms. The van der Waals surface area contributed by atoms with Gasteiger partial charge in [-0.05, 0) is 38.5 Å². The van der Waals surface area contributed by atoms with E-state index >= 15 is 0 Å². The zero-order valence-corrected chi connectivity index (χ0v) is 8.33. The smallest absolute Gasteiger partial charge is 0.120 e. The number of hydrogen-bond donors (Lipinski definition) is 0. The number of carbonyl (C=O) groups is 1. The van der Waals surface area contributed by atoms with Crippen LogP contribution in [0.3, 0.4) is 0 Å². The third-order valence-electron chi connectivity index (χ3n) is 2.49. The van der Waals surface area contributed by atoms with Gasteiger partial charge < -0.3 is 4.79 Å². The lowest BCUT2D eigenvalue weighted by Gasteiger charge is -2.14. The Hall–Kier alpha value is -0.850. The van der Waals surface area contributed by atoms with E-state index in [2.05, 4.69) is 25.2 Å². The Balaban J connectivity index is 2.34. The van der Waals surface area contributed by atoms with E-state index < -0.39 is 0 Å². The number of aldehydes is 1. The predicted octanol–water partition coefficient (Wildman–Crippen LogP) is 3.27. The van der Waals surface area contributed by atoms with Crippen LogP contribution in [0.2, 0.25) is 0 Å². The predicted molar refractivity (Wildman–Crippen MR) is 55.5 cm³/mol. The minimum atomic E-state index is 0.672. The highest BCUT2D eigenvalue weighted by Gasteiger charge is 2.06. The molecule has 0 aromatic rings. The topological polar surface area (TPSA) is 17.1 Å². The Bertz CT molecular complexity index is 213. The Labute approximate surface area is 80.5 Å². The molecule has 0 saturated carbocycles. The summed E-state index contributed by atoms with van der Waals surface area (Å²) in [5.74, 6) is 0.719. The molecule has 1 nitrogen and oxygen atoms in total. The Morgan fingerprint density at radius 1 is 1.54 bits per heavy atom. The molecule has 1 heteroatoms. The highest BCUT2D eigenvalue weighted by Crippen LogP contribution is 2.21. The quantitative estimate of drug-likeness (QED) is 0.477. The van der Waals surface area contributed by atoms with Gasteiger partial charge in [0.1, 0.15) is 6.29 Å². The molecule has 0 aromatic heterocycles. The van der Waals surface area contributed by atoms with Crippen LogP contribution < -0.4 is 0 Å². The molecule has 1 aliphatic rings. The summed E-state index contributed by atoms with van der Waals surface area (Å²) < 4.78 is 0. The monoisotopic (exact) mass is 178 g/mol. The molecule has 1 unspecified atom stereocenters. The molecule has 1 aliphatic carbocycles. The second-order valence-corrected chi connectivity index (χ2v) is 3.76. The van der Waals surface area contributed by atoms with Gasteiger partial charge >= 0.3 is 0 Å². The number of carbonyl (C=O) groups excluding carboxylic acids is 1. The van der Waals surface area contributed by atoms with Crippen molar-refractivity contribution in [1.82, 2.24) is 0 Å². The van der Waals surface area contributed by atoms with Crippen LogP contribution in [0.5, 0.6) is 0 Å². The molecule has 0 saturated heterocycles. The van der Waals surface area contributed by atoms with E-state index in [1.165, 1.54) is 24.8 Å². The molecule has 72 valence electrons. The summed E-state index contributed by atoms with van der Waals surface area (Å²) in [5, 5.41) is 0. The number of allylic oxidation sites excluding steroid dienone is 4. The number of rotatable bonds is 4. The van der Waals surface area contributed by atoms with Gasteiger partial charge in [-0.1, -0.05) is 23.8 Å². The summed E-state index contributed by atoms with van der Waals surface area (Å²) >= 11 is 0. The average Bonchev–Trinajstić information content (AvgIpc) is 2.16. The summed E-state index contributed by atoms with van der Waals surface area (Å²) in [5.41, 5.74) is 1.37. The van der Waals surface area contributed by atoms with Crippen LogP contribution in [0, 0.1) is 5.92 Å². The number of hydrogen-bond acceptors (Lipinski definition) is 1. The third kappa shape index (κ3) is 4.07. The van der Waals surface area contributed by atoms with Crippen LogP contribution in [0.4, 0.5) is 0 Å². The highest BCUT2D eigenvalue weighted by atomic mass is 16.1. The van der Waals surface area contributed by atoms with E-state index in [9.17, 15) is 4.79 Å². The molecule has 0 spiro atoms. The van der Waals surface area contributed by atoms with Gasteiger partial charge in [-0.3, -0.25) is 0 Å². The molecular formula is C12H18O. The summed E-state index contributed by atoms with van der Waals surface area (Å²) in [6, 6.07) is 0. The first-order valence-corrected chi connectivity index (χ1v) is 5.09. The largest absolute Gasteiger partial charge is 0.303 e. The Morgan fingerprint density at radius 3 is 3.00 bits per heavy atom. The molecule has 0 fully saturated rings. The fourth-order valence-corrected chi connectivity index (χ4v) is 1.74. The second-order valence-electron chi connectivity index (χ2n) is 3.76. The van der Waals surface area contributed by atoms with Crippen LogP contribution in [0.25, 0.3) is 0 Å². The van der Waals surface area contributed by atoms with Gasteiger partial charge in [0.15, 0.2) is 0 Å². The highest BCUT2D eigenvalue weighted by molar-refractivity contribution is 5.49. The van der Waals surface area contributed by atoms with Gasteiger partial charge in [0.25, 0.3) is 0 Å². The van der Waals surface area contributed by atoms with E-state index in [1.807, 2.05) is 0 Å². The summed E-state index contributed by atoms with van der Waals surface area (Å²) in [4.78, 5) is 10.2. The molecule has 1 atom stereocenters. The molecule has 0 aliphatic heterocycles. The SMILES string of the molecule is CC(=CC1CC=CCC1)CCC=O. The maximum atomic E-state index is 10.2. The lowest BCUT2D eigenvalue weighted by atomic mass is 9.92. The van der Waals surface area contributed by atoms with Crippen molar-refractivity contribution in [3.05, 3.63) is 23.8 Å². The fraction of sp³-hybridized carbons (Fsp3) is 0.583. The molecule has 0 N–H and O–H groups in total. The summed E-state index contributed by atoms with van der Waals surface area (Å²) in [7, 11) is 0. The minimum Gasteiger partial charge on any atom is -0.303 e. The van der Waals surface area contributed by atoms with Crippen LogP contribution in [-0.4, -0.2) is 6.29 Å². The first-order valence-electron chi connectivity index (χ1n) is 5.09. The Kier molecular flexibility index (Phi) is 4.52. The van der Waals surface area contributed by atoms with Gasteiger partial charge in [-0.25, -0.2) is 0 Å². The lowest BCUT2D eigenvalue weighted by Crippen LogP contribution is -1.99. The zero-order valence-electron chi connectivity index (χ0n) is 8.33. The standard InChI is InChI=1S/C12H18O/c1-11(6-5-9-13)10-12-7-3-2-4-8-12/h2-3,9-10,12H,4-8H2,1H3. The summed E-state index contributed by atoms with van der Waals surface area (Å²) in [6.07, 6.45) is 13.1. The first-order chi connectivity index (χ1) is 6.33. The van der Waals surface area contributed by atoms with Gasteiger partial charge in [0.2, 0.25) is 0 Å². The lowest BCUT2D eigenvalue weighted by molar-refractivity contribution is -0.107. The van der Waals surface area contributed by atoms with Crippen molar-refractivity contribution in [1.29, 1.82) is 0 Å². The molecule has 0 aromatic carbocycles. The fourth-order valence-electron chi connectivity index (χ4n) is 1.74. The Morgan fingerprint density at radius 2 is 2.38 bits per heavy atom. The maximum absolute atomic E-state index is 10.2. The van der Waals surface area contributed by atoms with Crippen LogP contribution in [-0.2, 0) is 4.79 Å².